The maximum atomic E-state index is 5.78. The van der Waals surface area contributed by atoms with Gasteiger partial charge in [-0.1, -0.05) is 20.8 Å². The van der Waals surface area contributed by atoms with Gasteiger partial charge in [0, 0.05) is 12.7 Å². The van der Waals surface area contributed by atoms with Crippen LogP contribution >= 0.6 is 0 Å². The number of ether oxygens (including phenoxy) is 2. The molecular weight excluding hydrogens is 362 g/mol. The lowest BCUT2D eigenvalue weighted by Crippen LogP contribution is -2.26. The Morgan fingerprint density at radius 2 is 1.66 bits per heavy atom. The van der Waals surface area contributed by atoms with E-state index in [9.17, 15) is 0 Å². The smallest absolute Gasteiger partial charge is 0.148 e. The molecule has 0 aliphatic heterocycles. The van der Waals surface area contributed by atoms with Gasteiger partial charge in [-0.15, -0.1) is 0 Å². The Bertz CT molecular complexity index is 835. The molecule has 0 fully saturated rings. The summed E-state index contributed by atoms with van der Waals surface area (Å²) in [6.45, 7) is 7.08. The molecule has 1 aromatic heterocycles. The Balaban J connectivity index is 2.08. The topological polar surface area (TPSA) is 56.3 Å². The highest BCUT2D eigenvalue weighted by Gasteiger charge is 2.21. The molecule has 5 nitrogen and oxygen atoms in total. The Morgan fingerprint density at radius 3 is 2.24 bits per heavy atom. The van der Waals surface area contributed by atoms with Crippen LogP contribution in [0.15, 0.2) is 12.1 Å². The molecule has 0 saturated carbocycles. The van der Waals surface area contributed by atoms with Crippen LogP contribution in [0.3, 0.4) is 0 Å². The molecule has 0 radical (unpaired) electrons. The molecule has 3 rings (SSSR count). The van der Waals surface area contributed by atoms with Crippen molar-refractivity contribution in [2.75, 3.05) is 26.1 Å². The Morgan fingerprint density at radius 1 is 0.966 bits per heavy atom. The van der Waals surface area contributed by atoms with Gasteiger partial charge in [0.2, 0.25) is 0 Å². The summed E-state index contributed by atoms with van der Waals surface area (Å²) >= 11 is 0. The molecule has 1 atom stereocenters. The van der Waals surface area contributed by atoms with Crippen LogP contribution in [0.25, 0.3) is 11.3 Å². The lowest BCUT2D eigenvalue weighted by Gasteiger charge is -2.22. The summed E-state index contributed by atoms with van der Waals surface area (Å²) in [6, 6.07) is 4.74. The quantitative estimate of drug-likeness (QED) is 0.646. The molecule has 0 saturated heterocycles. The van der Waals surface area contributed by atoms with Crippen molar-refractivity contribution in [1.82, 2.24) is 9.97 Å². The summed E-state index contributed by atoms with van der Waals surface area (Å²) in [4.78, 5) is 10.1. The molecule has 1 aliphatic carbocycles. The highest BCUT2D eigenvalue weighted by Crippen LogP contribution is 2.37. The monoisotopic (exact) mass is 397 g/mol. The molecular formula is C24H35N3O2. The van der Waals surface area contributed by atoms with Crippen LogP contribution in [0.2, 0.25) is 0 Å². The molecule has 0 spiro atoms. The lowest BCUT2D eigenvalue weighted by atomic mass is 9.89. The van der Waals surface area contributed by atoms with Crippen LogP contribution in [-0.4, -0.2) is 36.8 Å². The number of anilines is 1. The van der Waals surface area contributed by atoms with E-state index in [0.717, 1.165) is 66.3 Å². The van der Waals surface area contributed by atoms with Gasteiger partial charge in [-0.05, 0) is 68.2 Å². The summed E-state index contributed by atoms with van der Waals surface area (Å²) in [7, 11) is 3.49. The Labute approximate surface area is 175 Å². The van der Waals surface area contributed by atoms with Gasteiger partial charge >= 0.3 is 0 Å². The molecule has 1 heterocycles. The molecule has 158 valence electrons. The van der Waals surface area contributed by atoms with E-state index in [-0.39, 0.29) is 6.04 Å². The van der Waals surface area contributed by atoms with Gasteiger partial charge in [0.05, 0.1) is 36.8 Å². The predicted molar refractivity (Wildman–Crippen MR) is 119 cm³/mol. The van der Waals surface area contributed by atoms with E-state index in [0.29, 0.717) is 6.61 Å². The molecule has 1 aliphatic rings. The number of hydrogen-bond donors (Lipinski definition) is 1. The maximum Gasteiger partial charge on any atom is 0.148 e. The maximum absolute atomic E-state index is 5.78. The fourth-order valence-electron chi connectivity index (χ4n) is 4.10. The van der Waals surface area contributed by atoms with E-state index in [1.807, 2.05) is 0 Å². The standard InChI is InChI=1S/C24H35N3O2/c1-6-18(15-28-4)25-24-21(8-3)26-23(20(7-2)27-24)19-13-16-11-9-10-12-17(16)14-22(19)29-5/h13-14,18H,6-12,15H2,1-5H3,(H,25,27). The van der Waals surface area contributed by atoms with Crippen molar-refractivity contribution in [1.29, 1.82) is 0 Å². The van der Waals surface area contributed by atoms with Gasteiger partial charge in [0.25, 0.3) is 0 Å². The molecule has 2 aromatic rings. The molecule has 1 N–H and O–H groups in total. The summed E-state index contributed by atoms with van der Waals surface area (Å²) in [5.74, 6) is 1.79. The highest BCUT2D eigenvalue weighted by atomic mass is 16.5. The Kier molecular flexibility index (Phi) is 7.48. The van der Waals surface area contributed by atoms with Gasteiger partial charge in [-0.3, -0.25) is 0 Å². The first-order valence-electron chi connectivity index (χ1n) is 11.0. The third-order valence-electron chi connectivity index (χ3n) is 5.83. The number of nitrogens with one attached hydrogen (secondary N) is 1. The van der Waals surface area contributed by atoms with Crippen LogP contribution in [0, 0.1) is 0 Å². The zero-order valence-corrected chi connectivity index (χ0v) is 18.6. The van der Waals surface area contributed by atoms with Gasteiger partial charge in [-0.25, -0.2) is 9.97 Å². The number of aryl methyl sites for hydroxylation is 4. The number of methoxy groups -OCH3 is 2. The van der Waals surface area contributed by atoms with Crippen LogP contribution in [0.1, 0.15) is 62.5 Å². The van der Waals surface area contributed by atoms with Crippen molar-refractivity contribution < 1.29 is 9.47 Å². The van der Waals surface area contributed by atoms with Crippen LogP contribution in [0.4, 0.5) is 5.82 Å². The van der Waals surface area contributed by atoms with E-state index in [1.165, 1.54) is 24.0 Å². The average molecular weight is 398 g/mol. The highest BCUT2D eigenvalue weighted by molar-refractivity contribution is 5.72. The number of nitrogens with zero attached hydrogens (tertiary/aromatic N) is 2. The van der Waals surface area contributed by atoms with Gasteiger partial charge in [0.1, 0.15) is 11.6 Å². The van der Waals surface area contributed by atoms with Crippen molar-refractivity contribution in [2.45, 2.75) is 71.8 Å². The Hall–Kier alpha value is -2.14. The SMILES string of the molecule is CCc1nc(-c2cc3c(cc2OC)CCCC3)c(CC)nc1NC(CC)COC. The molecule has 0 amide bonds. The fourth-order valence-corrected chi connectivity index (χ4v) is 4.10. The summed E-state index contributed by atoms with van der Waals surface area (Å²) in [5.41, 5.74) is 6.88. The van der Waals surface area contributed by atoms with Crippen molar-refractivity contribution in [3.05, 3.63) is 34.6 Å². The number of hydrogen-bond acceptors (Lipinski definition) is 5. The summed E-state index contributed by atoms with van der Waals surface area (Å²) in [5, 5.41) is 3.55. The van der Waals surface area contributed by atoms with E-state index < -0.39 is 0 Å². The molecule has 1 aromatic carbocycles. The number of benzene rings is 1. The van der Waals surface area contributed by atoms with E-state index >= 15 is 0 Å². The van der Waals surface area contributed by atoms with E-state index in [1.54, 1.807) is 14.2 Å². The summed E-state index contributed by atoms with van der Waals surface area (Å²) < 4.78 is 11.1. The van der Waals surface area contributed by atoms with Crippen LogP contribution < -0.4 is 10.1 Å². The minimum Gasteiger partial charge on any atom is -0.496 e. The molecule has 5 heteroatoms. The fraction of sp³-hybridized carbons (Fsp3) is 0.583. The zero-order chi connectivity index (χ0) is 20.8. The van der Waals surface area contributed by atoms with Gasteiger partial charge in [0.15, 0.2) is 0 Å². The number of rotatable bonds is 9. The number of aromatic nitrogens is 2. The second kappa shape index (κ2) is 10.1. The first kappa shape index (κ1) is 21.6. The van der Waals surface area contributed by atoms with E-state index in [2.05, 4.69) is 38.2 Å². The van der Waals surface area contributed by atoms with Gasteiger partial charge < -0.3 is 14.8 Å². The molecule has 29 heavy (non-hydrogen) atoms. The van der Waals surface area contributed by atoms with E-state index in [4.69, 9.17) is 19.4 Å². The largest absolute Gasteiger partial charge is 0.496 e. The van der Waals surface area contributed by atoms with Crippen molar-refractivity contribution in [2.24, 2.45) is 0 Å². The second-order valence-electron chi connectivity index (χ2n) is 7.75. The minimum absolute atomic E-state index is 0.230. The third kappa shape index (κ3) is 4.72. The average Bonchev–Trinajstić information content (AvgIpc) is 2.77. The molecule has 1 unspecified atom stereocenters. The minimum atomic E-state index is 0.230. The van der Waals surface area contributed by atoms with Crippen molar-refractivity contribution >= 4 is 5.82 Å². The molecule has 0 bridgehead atoms. The lowest BCUT2D eigenvalue weighted by molar-refractivity contribution is 0.184. The first-order chi connectivity index (χ1) is 14.1. The number of fused-ring (bicyclic) bond motifs is 1. The van der Waals surface area contributed by atoms with Crippen LogP contribution in [-0.2, 0) is 30.4 Å². The third-order valence-corrected chi connectivity index (χ3v) is 5.83. The summed E-state index contributed by atoms with van der Waals surface area (Å²) in [6.07, 6.45) is 7.41. The normalized spacial score (nSPS) is 14.4. The van der Waals surface area contributed by atoms with Gasteiger partial charge in [-0.2, -0.15) is 0 Å². The second-order valence-corrected chi connectivity index (χ2v) is 7.75. The van der Waals surface area contributed by atoms with Crippen molar-refractivity contribution in [3.8, 4) is 17.0 Å². The predicted octanol–water partition coefficient (Wildman–Crippen LogP) is 4.99. The zero-order valence-electron chi connectivity index (χ0n) is 18.6. The van der Waals surface area contributed by atoms with Crippen molar-refractivity contribution in [3.63, 3.8) is 0 Å². The first-order valence-corrected chi connectivity index (χ1v) is 11.0. The van der Waals surface area contributed by atoms with Crippen LogP contribution in [0.5, 0.6) is 5.75 Å².